The van der Waals surface area contributed by atoms with Crippen molar-refractivity contribution in [2.75, 3.05) is 11.0 Å². The number of fused-ring (bicyclic) bond motifs is 1. The van der Waals surface area contributed by atoms with Gasteiger partial charge in [-0.05, 0) is 31.2 Å². The molecule has 0 saturated carbocycles. The Morgan fingerprint density at radius 1 is 1.04 bits per heavy atom. The van der Waals surface area contributed by atoms with Crippen LogP contribution in [0.3, 0.4) is 0 Å². The molecule has 1 heterocycles. The Labute approximate surface area is 149 Å². The van der Waals surface area contributed by atoms with E-state index < -0.39 is 27.8 Å². The van der Waals surface area contributed by atoms with E-state index in [-0.39, 0.29) is 22.4 Å². The SMILES string of the molecule is Cc1ccc(NS(C)(=O)=O)c(C(=O)ON2C(=O)c3ccccc3C2=O)c1. The first-order valence-corrected chi connectivity index (χ1v) is 9.35. The fraction of sp³-hybridized carbons (Fsp3) is 0.118. The summed E-state index contributed by atoms with van der Waals surface area (Å²) in [7, 11) is -3.64. The van der Waals surface area contributed by atoms with E-state index >= 15 is 0 Å². The van der Waals surface area contributed by atoms with Gasteiger partial charge in [-0.15, -0.1) is 0 Å². The Kier molecular flexibility index (Phi) is 4.25. The average molecular weight is 374 g/mol. The number of hydrogen-bond donors (Lipinski definition) is 1. The second-order valence-corrected chi connectivity index (χ2v) is 7.50. The fourth-order valence-corrected chi connectivity index (χ4v) is 3.08. The normalized spacial score (nSPS) is 13.5. The monoisotopic (exact) mass is 374 g/mol. The predicted molar refractivity (Wildman–Crippen MR) is 92.0 cm³/mol. The largest absolute Gasteiger partial charge is 0.366 e. The van der Waals surface area contributed by atoms with Crippen molar-refractivity contribution in [3.63, 3.8) is 0 Å². The van der Waals surface area contributed by atoms with E-state index in [0.29, 0.717) is 10.6 Å². The van der Waals surface area contributed by atoms with Crippen LogP contribution in [0.5, 0.6) is 0 Å². The molecule has 0 fully saturated rings. The van der Waals surface area contributed by atoms with Crippen LogP contribution in [0.4, 0.5) is 5.69 Å². The van der Waals surface area contributed by atoms with Crippen LogP contribution in [-0.4, -0.2) is 37.5 Å². The highest BCUT2D eigenvalue weighted by atomic mass is 32.2. The molecule has 0 aliphatic carbocycles. The fourth-order valence-electron chi connectivity index (χ4n) is 2.50. The number of rotatable bonds is 4. The lowest BCUT2D eigenvalue weighted by Gasteiger charge is -2.15. The number of sulfonamides is 1. The molecule has 0 bridgehead atoms. The van der Waals surface area contributed by atoms with E-state index in [9.17, 15) is 22.8 Å². The number of nitrogens with zero attached hydrogens (tertiary/aromatic N) is 1. The summed E-state index contributed by atoms with van der Waals surface area (Å²) in [5.41, 5.74) is 0.790. The molecular formula is C17H14N2O6S. The van der Waals surface area contributed by atoms with E-state index in [1.165, 1.54) is 24.3 Å². The van der Waals surface area contributed by atoms with Gasteiger partial charge in [0.15, 0.2) is 0 Å². The first-order valence-electron chi connectivity index (χ1n) is 7.46. The van der Waals surface area contributed by atoms with Crippen LogP contribution in [0.15, 0.2) is 42.5 Å². The van der Waals surface area contributed by atoms with Crippen LogP contribution in [0.1, 0.15) is 36.6 Å². The van der Waals surface area contributed by atoms with Gasteiger partial charge in [-0.25, -0.2) is 13.2 Å². The van der Waals surface area contributed by atoms with E-state index in [4.69, 9.17) is 4.84 Å². The van der Waals surface area contributed by atoms with Gasteiger partial charge in [0.25, 0.3) is 11.8 Å². The molecule has 0 unspecified atom stereocenters. The summed E-state index contributed by atoms with van der Waals surface area (Å²) < 4.78 is 25.2. The van der Waals surface area contributed by atoms with Crippen molar-refractivity contribution in [2.45, 2.75) is 6.92 Å². The van der Waals surface area contributed by atoms with Crippen molar-refractivity contribution in [3.8, 4) is 0 Å². The van der Waals surface area contributed by atoms with Crippen LogP contribution >= 0.6 is 0 Å². The van der Waals surface area contributed by atoms with Crippen molar-refractivity contribution in [2.24, 2.45) is 0 Å². The molecule has 8 nitrogen and oxygen atoms in total. The van der Waals surface area contributed by atoms with Gasteiger partial charge >= 0.3 is 5.97 Å². The zero-order valence-corrected chi connectivity index (χ0v) is 14.7. The minimum absolute atomic E-state index is 0.0142. The number of hydrogen-bond acceptors (Lipinski definition) is 6. The smallest absolute Gasteiger partial charge is 0.324 e. The second-order valence-electron chi connectivity index (χ2n) is 5.75. The molecule has 9 heteroatoms. The van der Waals surface area contributed by atoms with Gasteiger partial charge in [-0.1, -0.05) is 28.8 Å². The van der Waals surface area contributed by atoms with Gasteiger partial charge in [0, 0.05) is 0 Å². The molecule has 1 aliphatic heterocycles. The lowest BCUT2D eigenvalue weighted by molar-refractivity contribution is -0.0583. The summed E-state index contributed by atoms with van der Waals surface area (Å²) in [4.78, 5) is 42.0. The Bertz CT molecular complexity index is 1010. The van der Waals surface area contributed by atoms with Gasteiger partial charge in [0.2, 0.25) is 10.0 Å². The van der Waals surface area contributed by atoms with Gasteiger partial charge < -0.3 is 4.84 Å². The molecule has 0 spiro atoms. The summed E-state index contributed by atoms with van der Waals surface area (Å²) in [5, 5.41) is 0.375. The molecule has 134 valence electrons. The number of anilines is 1. The first-order chi connectivity index (χ1) is 12.2. The van der Waals surface area contributed by atoms with Gasteiger partial charge in [0.1, 0.15) is 0 Å². The van der Waals surface area contributed by atoms with Crippen LogP contribution < -0.4 is 4.72 Å². The maximum absolute atomic E-state index is 12.5. The number of nitrogens with one attached hydrogen (secondary N) is 1. The van der Waals surface area contributed by atoms with E-state index in [1.807, 2.05) is 0 Å². The number of benzene rings is 2. The van der Waals surface area contributed by atoms with Crippen LogP contribution in [-0.2, 0) is 14.9 Å². The first kappa shape index (κ1) is 17.6. The molecule has 3 rings (SSSR count). The van der Waals surface area contributed by atoms with Crippen molar-refractivity contribution in [1.29, 1.82) is 0 Å². The van der Waals surface area contributed by atoms with Crippen molar-refractivity contribution < 1.29 is 27.6 Å². The zero-order valence-electron chi connectivity index (χ0n) is 13.8. The molecule has 26 heavy (non-hydrogen) atoms. The van der Waals surface area contributed by atoms with Crippen LogP contribution in [0.25, 0.3) is 0 Å². The molecule has 0 atom stereocenters. The van der Waals surface area contributed by atoms with Crippen LogP contribution in [0.2, 0.25) is 0 Å². The molecule has 0 saturated heterocycles. The summed E-state index contributed by atoms with van der Waals surface area (Å²) >= 11 is 0. The standard InChI is InChI=1S/C17H14N2O6S/c1-10-7-8-14(18-26(2,23)24)13(9-10)17(22)25-19-15(20)11-5-3-4-6-12(11)16(19)21/h3-9,18H,1-2H3. The summed E-state index contributed by atoms with van der Waals surface area (Å²) in [6.45, 7) is 1.70. The van der Waals surface area contributed by atoms with Gasteiger partial charge in [0.05, 0.1) is 28.6 Å². The maximum Gasteiger partial charge on any atom is 0.366 e. The molecule has 0 aromatic heterocycles. The Balaban J connectivity index is 1.91. The molecule has 1 N–H and O–H groups in total. The quantitative estimate of drug-likeness (QED) is 0.816. The van der Waals surface area contributed by atoms with Crippen LogP contribution in [0, 0.1) is 6.92 Å². The number of imide groups is 1. The maximum atomic E-state index is 12.5. The molecule has 0 radical (unpaired) electrons. The van der Waals surface area contributed by atoms with Gasteiger partial charge in [-0.3, -0.25) is 14.3 Å². The third-order valence-corrected chi connectivity index (χ3v) is 4.21. The summed E-state index contributed by atoms with van der Waals surface area (Å²) in [5.74, 6) is -2.55. The predicted octanol–water partition coefficient (Wildman–Crippen LogP) is 1.73. The summed E-state index contributed by atoms with van der Waals surface area (Å²) in [6, 6.07) is 10.5. The minimum Gasteiger partial charge on any atom is -0.324 e. The number of amides is 2. The number of aryl methyl sites for hydroxylation is 1. The van der Waals surface area contributed by atoms with Crippen molar-refractivity contribution >= 4 is 33.5 Å². The molecule has 2 aromatic rings. The average Bonchev–Trinajstić information content (AvgIpc) is 2.81. The minimum atomic E-state index is -3.64. The number of hydroxylamine groups is 2. The highest BCUT2D eigenvalue weighted by Crippen LogP contribution is 2.25. The summed E-state index contributed by atoms with van der Waals surface area (Å²) in [6.07, 6.45) is 0.937. The second kappa shape index (κ2) is 6.26. The third-order valence-electron chi connectivity index (χ3n) is 3.62. The lowest BCUT2D eigenvalue weighted by Crippen LogP contribution is -2.33. The third kappa shape index (κ3) is 3.29. The number of carbonyl (C=O) groups is 3. The van der Waals surface area contributed by atoms with Gasteiger partial charge in [-0.2, -0.15) is 0 Å². The molecule has 2 aromatic carbocycles. The highest BCUT2D eigenvalue weighted by Gasteiger charge is 2.39. The Hall–Kier alpha value is -3.20. The van der Waals surface area contributed by atoms with E-state index in [2.05, 4.69) is 4.72 Å². The molecule has 2 amide bonds. The molecule has 1 aliphatic rings. The Morgan fingerprint density at radius 2 is 1.62 bits per heavy atom. The van der Waals surface area contributed by atoms with Crippen molar-refractivity contribution in [1.82, 2.24) is 5.06 Å². The highest BCUT2D eigenvalue weighted by molar-refractivity contribution is 7.92. The zero-order chi connectivity index (χ0) is 19.1. The topological polar surface area (TPSA) is 110 Å². The van der Waals surface area contributed by atoms with E-state index in [1.54, 1.807) is 25.1 Å². The molecular weight excluding hydrogens is 360 g/mol. The number of carbonyl (C=O) groups excluding carboxylic acids is 3. The van der Waals surface area contributed by atoms with Crippen molar-refractivity contribution in [3.05, 3.63) is 64.7 Å². The lowest BCUT2D eigenvalue weighted by atomic mass is 10.1. The Morgan fingerprint density at radius 3 is 2.15 bits per heavy atom. The van der Waals surface area contributed by atoms with E-state index in [0.717, 1.165) is 6.26 Å².